The smallest absolute Gasteiger partial charge is 0.309 e. The van der Waals surface area contributed by atoms with Crippen LogP contribution in [0.3, 0.4) is 0 Å². The lowest BCUT2D eigenvalue weighted by atomic mass is 10.2. The molecule has 0 aromatic heterocycles. The number of carbonyl (C=O) groups excluding carboxylic acids is 2. The summed E-state index contributed by atoms with van der Waals surface area (Å²) in [5.74, 6) is -1.32. The van der Waals surface area contributed by atoms with Gasteiger partial charge in [-0.1, -0.05) is 38.4 Å². The maximum Gasteiger partial charge on any atom is 0.309 e. The van der Waals surface area contributed by atoms with Gasteiger partial charge in [0.1, 0.15) is 0 Å². The zero-order valence-corrected chi connectivity index (χ0v) is 10.4. The molecular formula is C10H19N3O2S. The van der Waals surface area contributed by atoms with E-state index in [-0.39, 0.29) is 11.5 Å². The Morgan fingerprint density at radius 3 is 2.31 bits per heavy atom. The minimum absolute atomic E-state index is 0.0530. The molecule has 0 atom stereocenters. The number of thiocarbonyl (C=S) groups is 1. The highest BCUT2D eigenvalue weighted by atomic mass is 32.1. The Morgan fingerprint density at radius 2 is 1.75 bits per heavy atom. The van der Waals surface area contributed by atoms with Gasteiger partial charge < -0.3 is 16.4 Å². The van der Waals surface area contributed by atoms with Crippen LogP contribution >= 0.6 is 12.2 Å². The number of nitrogens with two attached hydrogens (primary N) is 1. The largest absolute Gasteiger partial charge is 0.392 e. The summed E-state index contributed by atoms with van der Waals surface area (Å²) >= 11 is 4.57. The lowest BCUT2D eigenvalue weighted by Gasteiger charge is -2.05. The molecule has 0 unspecified atom stereocenters. The van der Waals surface area contributed by atoms with E-state index in [1.54, 1.807) is 0 Å². The van der Waals surface area contributed by atoms with Gasteiger partial charge in [-0.3, -0.25) is 9.59 Å². The van der Waals surface area contributed by atoms with E-state index in [0.29, 0.717) is 6.54 Å². The molecule has 0 fully saturated rings. The molecule has 92 valence electrons. The number of amides is 2. The Kier molecular flexibility index (Phi) is 8.42. The maximum atomic E-state index is 11.2. The second-order valence-corrected chi connectivity index (χ2v) is 3.99. The number of unbranched alkanes of at least 4 members (excludes halogenated alkanes) is 3. The van der Waals surface area contributed by atoms with E-state index in [0.717, 1.165) is 25.7 Å². The molecule has 0 saturated carbocycles. The Balaban J connectivity index is 3.55. The van der Waals surface area contributed by atoms with Crippen LogP contribution in [0.15, 0.2) is 0 Å². The van der Waals surface area contributed by atoms with Crippen molar-refractivity contribution in [2.45, 2.75) is 32.6 Å². The fraction of sp³-hybridized carbons (Fsp3) is 0.700. The highest BCUT2D eigenvalue weighted by molar-refractivity contribution is 7.80. The van der Waals surface area contributed by atoms with Crippen LogP contribution in [0.1, 0.15) is 32.6 Å². The normalized spacial score (nSPS) is 9.56. The average Bonchev–Trinajstić information content (AvgIpc) is 2.25. The predicted octanol–water partition coefficient (Wildman–Crippen LogP) is 0.0852. The van der Waals surface area contributed by atoms with Gasteiger partial charge in [0.15, 0.2) is 0 Å². The van der Waals surface area contributed by atoms with Gasteiger partial charge in [-0.2, -0.15) is 0 Å². The van der Waals surface area contributed by atoms with Gasteiger partial charge in [0.2, 0.25) is 0 Å². The van der Waals surface area contributed by atoms with Crippen LogP contribution in [-0.4, -0.2) is 29.9 Å². The van der Waals surface area contributed by atoms with Gasteiger partial charge in [0.05, 0.1) is 11.5 Å². The highest BCUT2D eigenvalue weighted by Crippen LogP contribution is 1.96. The van der Waals surface area contributed by atoms with Gasteiger partial charge in [0.25, 0.3) is 0 Å². The van der Waals surface area contributed by atoms with E-state index in [4.69, 9.17) is 5.73 Å². The van der Waals surface area contributed by atoms with Crippen LogP contribution in [0, 0.1) is 0 Å². The molecule has 0 saturated heterocycles. The van der Waals surface area contributed by atoms with Crippen LogP contribution in [-0.2, 0) is 9.59 Å². The summed E-state index contributed by atoms with van der Waals surface area (Å²) in [5, 5.41) is 4.85. The fourth-order valence-electron chi connectivity index (χ4n) is 1.08. The maximum absolute atomic E-state index is 11.2. The van der Waals surface area contributed by atoms with Crippen molar-refractivity contribution < 1.29 is 9.59 Å². The summed E-state index contributed by atoms with van der Waals surface area (Å²) in [6, 6.07) is 0. The third-order valence-electron chi connectivity index (χ3n) is 1.95. The zero-order chi connectivity index (χ0) is 12.4. The molecule has 2 amide bonds. The molecule has 0 aliphatic rings. The first kappa shape index (κ1) is 14.8. The standard InChI is InChI=1S/C10H19N3O2S/c1-2-3-4-5-6-12-9(14)10(15)13-7-8(11)16/h2-7H2,1H3,(H2,11,16)(H,12,14)(H,13,15). The van der Waals surface area contributed by atoms with E-state index in [2.05, 4.69) is 29.8 Å². The molecule has 0 bridgehead atoms. The van der Waals surface area contributed by atoms with Crippen LogP contribution in [0.25, 0.3) is 0 Å². The van der Waals surface area contributed by atoms with Gasteiger partial charge >= 0.3 is 11.8 Å². The Morgan fingerprint density at radius 1 is 1.12 bits per heavy atom. The molecule has 5 nitrogen and oxygen atoms in total. The second kappa shape index (κ2) is 9.08. The molecule has 6 heteroatoms. The molecule has 0 aromatic rings. The number of hydrogen-bond acceptors (Lipinski definition) is 3. The third-order valence-corrected chi connectivity index (χ3v) is 2.09. The molecular weight excluding hydrogens is 226 g/mol. The van der Waals surface area contributed by atoms with Crippen molar-refractivity contribution in [2.75, 3.05) is 13.1 Å². The minimum Gasteiger partial charge on any atom is -0.392 e. The Bertz CT molecular complexity index is 256. The van der Waals surface area contributed by atoms with Crippen molar-refractivity contribution in [3.63, 3.8) is 0 Å². The number of carbonyl (C=O) groups is 2. The summed E-state index contributed by atoms with van der Waals surface area (Å²) in [4.78, 5) is 22.5. The van der Waals surface area contributed by atoms with Gasteiger partial charge in [-0.15, -0.1) is 0 Å². The average molecular weight is 245 g/mol. The number of hydrogen-bond donors (Lipinski definition) is 3. The van der Waals surface area contributed by atoms with Crippen LogP contribution < -0.4 is 16.4 Å². The van der Waals surface area contributed by atoms with E-state index in [1.807, 2.05) is 0 Å². The van der Waals surface area contributed by atoms with E-state index in [9.17, 15) is 9.59 Å². The predicted molar refractivity (Wildman–Crippen MR) is 66.9 cm³/mol. The Hall–Kier alpha value is -1.17. The lowest BCUT2D eigenvalue weighted by molar-refractivity contribution is -0.139. The summed E-state index contributed by atoms with van der Waals surface area (Å²) in [6.45, 7) is 2.69. The summed E-state index contributed by atoms with van der Waals surface area (Å²) in [6.07, 6.45) is 4.24. The van der Waals surface area contributed by atoms with Gasteiger partial charge in [0, 0.05) is 6.54 Å². The molecule has 0 rings (SSSR count). The van der Waals surface area contributed by atoms with Crippen molar-refractivity contribution in [1.29, 1.82) is 0 Å². The van der Waals surface area contributed by atoms with Gasteiger partial charge in [-0.25, -0.2) is 0 Å². The first-order valence-electron chi connectivity index (χ1n) is 5.42. The molecule has 0 aliphatic carbocycles. The molecule has 0 heterocycles. The number of nitrogens with one attached hydrogen (secondary N) is 2. The monoisotopic (exact) mass is 245 g/mol. The summed E-state index contributed by atoms with van der Waals surface area (Å²) in [7, 11) is 0. The highest BCUT2D eigenvalue weighted by Gasteiger charge is 2.11. The van der Waals surface area contributed by atoms with Crippen molar-refractivity contribution >= 4 is 29.0 Å². The fourth-order valence-corrected chi connectivity index (χ4v) is 1.15. The van der Waals surface area contributed by atoms with Crippen molar-refractivity contribution in [3.8, 4) is 0 Å². The molecule has 0 aromatic carbocycles. The second-order valence-electron chi connectivity index (χ2n) is 3.47. The summed E-state index contributed by atoms with van der Waals surface area (Å²) in [5.41, 5.74) is 5.18. The lowest BCUT2D eigenvalue weighted by Crippen LogP contribution is -2.43. The number of rotatable bonds is 7. The quantitative estimate of drug-likeness (QED) is 0.337. The molecule has 0 spiro atoms. The van der Waals surface area contributed by atoms with E-state index in [1.165, 1.54) is 0 Å². The molecule has 4 N–H and O–H groups in total. The van der Waals surface area contributed by atoms with Gasteiger partial charge in [-0.05, 0) is 6.42 Å². The minimum atomic E-state index is -0.691. The summed E-state index contributed by atoms with van der Waals surface area (Å²) < 4.78 is 0. The topological polar surface area (TPSA) is 84.2 Å². The zero-order valence-electron chi connectivity index (χ0n) is 9.54. The van der Waals surface area contributed by atoms with Crippen LogP contribution in [0.5, 0.6) is 0 Å². The first-order chi connectivity index (χ1) is 7.57. The van der Waals surface area contributed by atoms with Crippen molar-refractivity contribution in [3.05, 3.63) is 0 Å². The van der Waals surface area contributed by atoms with Crippen LogP contribution in [0.4, 0.5) is 0 Å². The Labute approximate surface area is 101 Å². The molecule has 16 heavy (non-hydrogen) atoms. The SMILES string of the molecule is CCCCCCNC(=O)C(=O)NCC(N)=S. The van der Waals surface area contributed by atoms with E-state index >= 15 is 0 Å². The van der Waals surface area contributed by atoms with Crippen molar-refractivity contribution in [2.24, 2.45) is 5.73 Å². The van der Waals surface area contributed by atoms with Crippen LogP contribution in [0.2, 0.25) is 0 Å². The molecule has 0 aliphatic heterocycles. The van der Waals surface area contributed by atoms with Crippen molar-refractivity contribution in [1.82, 2.24) is 10.6 Å². The third kappa shape index (κ3) is 8.16. The van der Waals surface area contributed by atoms with E-state index < -0.39 is 11.8 Å². The molecule has 0 radical (unpaired) electrons. The first-order valence-corrected chi connectivity index (χ1v) is 5.83.